The van der Waals surface area contributed by atoms with Crippen LogP contribution in [0.15, 0.2) is 18.2 Å². The van der Waals surface area contributed by atoms with Crippen molar-refractivity contribution in [1.29, 1.82) is 0 Å². The number of carbonyl (C=O) groups is 2. The van der Waals surface area contributed by atoms with Crippen LogP contribution in [0.4, 0.5) is 0 Å². The number of fused-ring (bicyclic) bond motifs is 1. The van der Waals surface area contributed by atoms with Gasteiger partial charge in [0.05, 0.1) is 11.0 Å². The van der Waals surface area contributed by atoms with Gasteiger partial charge in [-0.2, -0.15) is 0 Å². The van der Waals surface area contributed by atoms with E-state index < -0.39 is 0 Å². The molecule has 2 aromatic rings. The number of aromatic nitrogens is 2. The number of benzene rings is 1. The largest absolute Gasteiger partial charge is 0.339 e. The summed E-state index contributed by atoms with van der Waals surface area (Å²) in [5.41, 5.74) is 2.53. The van der Waals surface area contributed by atoms with E-state index in [2.05, 4.69) is 4.98 Å². The first-order chi connectivity index (χ1) is 11.0. The van der Waals surface area contributed by atoms with Crippen molar-refractivity contribution >= 4 is 22.8 Å². The van der Waals surface area contributed by atoms with Crippen molar-refractivity contribution in [2.24, 2.45) is 7.05 Å². The summed E-state index contributed by atoms with van der Waals surface area (Å²) in [7, 11) is 1.97. The van der Waals surface area contributed by atoms with Gasteiger partial charge in [-0.05, 0) is 25.1 Å². The standard InChI is InChI=1S/C17H22N4O2/c1-4-16(22)20-7-9-21(10-8-20)17(23)13-5-6-15-14(11-13)18-12(2)19(15)3/h5-6,11H,4,7-10H2,1-3H3. The molecule has 3 rings (SSSR count). The van der Waals surface area contributed by atoms with E-state index in [4.69, 9.17) is 0 Å². The van der Waals surface area contributed by atoms with Crippen LogP contribution in [0.5, 0.6) is 0 Å². The van der Waals surface area contributed by atoms with Gasteiger partial charge in [-0.25, -0.2) is 4.98 Å². The van der Waals surface area contributed by atoms with Gasteiger partial charge in [0, 0.05) is 45.2 Å². The fraction of sp³-hybridized carbons (Fsp3) is 0.471. The molecule has 0 bridgehead atoms. The van der Waals surface area contributed by atoms with Crippen molar-refractivity contribution in [3.8, 4) is 0 Å². The third-order valence-electron chi connectivity index (χ3n) is 4.57. The van der Waals surface area contributed by atoms with Crippen LogP contribution >= 0.6 is 0 Å². The van der Waals surface area contributed by atoms with Crippen LogP contribution < -0.4 is 0 Å². The third kappa shape index (κ3) is 2.81. The predicted molar refractivity (Wildman–Crippen MR) is 88.2 cm³/mol. The zero-order valence-electron chi connectivity index (χ0n) is 13.9. The molecule has 0 unspecified atom stereocenters. The van der Waals surface area contributed by atoms with Crippen molar-refractivity contribution in [2.75, 3.05) is 26.2 Å². The number of rotatable bonds is 2. The van der Waals surface area contributed by atoms with Gasteiger partial charge < -0.3 is 14.4 Å². The molecule has 0 spiro atoms. The van der Waals surface area contributed by atoms with E-state index in [1.165, 1.54) is 0 Å². The molecule has 0 saturated carbocycles. The zero-order chi connectivity index (χ0) is 16.6. The summed E-state index contributed by atoms with van der Waals surface area (Å²) in [4.78, 5) is 32.5. The minimum atomic E-state index is 0.0128. The lowest BCUT2D eigenvalue weighted by molar-refractivity contribution is -0.132. The number of aryl methyl sites for hydroxylation is 2. The molecule has 0 atom stereocenters. The lowest BCUT2D eigenvalue weighted by Crippen LogP contribution is -2.50. The summed E-state index contributed by atoms with van der Waals surface area (Å²) in [6.45, 7) is 6.22. The Hall–Kier alpha value is -2.37. The van der Waals surface area contributed by atoms with Crippen molar-refractivity contribution in [2.45, 2.75) is 20.3 Å². The highest BCUT2D eigenvalue weighted by Crippen LogP contribution is 2.18. The van der Waals surface area contributed by atoms with Gasteiger partial charge in [0.25, 0.3) is 5.91 Å². The molecule has 23 heavy (non-hydrogen) atoms. The Morgan fingerprint density at radius 3 is 2.43 bits per heavy atom. The van der Waals surface area contributed by atoms with Crippen LogP contribution in [-0.2, 0) is 11.8 Å². The Labute approximate surface area is 135 Å². The number of imidazole rings is 1. The number of amides is 2. The highest BCUT2D eigenvalue weighted by molar-refractivity contribution is 5.97. The second-order valence-corrected chi connectivity index (χ2v) is 5.95. The number of carbonyl (C=O) groups excluding carboxylic acids is 2. The maximum Gasteiger partial charge on any atom is 0.254 e. The second-order valence-electron chi connectivity index (χ2n) is 5.95. The van der Waals surface area contributed by atoms with Gasteiger partial charge in [-0.1, -0.05) is 6.92 Å². The van der Waals surface area contributed by atoms with Crippen LogP contribution in [0.3, 0.4) is 0 Å². The van der Waals surface area contributed by atoms with Crippen molar-refractivity contribution in [3.05, 3.63) is 29.6 Å². The Morgan fingerprint density at radius 2 is 1.78 bits per heavy atom. The monoisotopic (exact) mass is 314 g/mol. The molecule has 6 heteroatoms. The van der Waals surface area contributed by atoms with Gasteiger partial charge in [-0.15, -0.1) is 0 Å². The Kier molecular flexibility index (Phi) is 4.07. The van der Waals surface area contributed by atoms with E-state index >= 15 is 0 Å². The van der Waals surface area contributed by atoms with Gasteiger partial charge >= 0.3 is 0 Å². The molecule has 0 N–H and O–H groups in total. The maximum absolute atomic E-state index is 12.7. The topological polar surface area (TPSA) is 58.4 Å². The van der Waals surface area contributed by atoms with E-state index in [0.29, 0.717) is 38.2 Å². The summed E-state index contributed by atoms with van der Waals surface area (Å²) >= 11 is 0. The molecule has 1 saturated heterocycles. The van der Waals surface area contributed by atoms with Crippen LogP contribution in [0.1, 0.15) is 29.5 Å². The normalized spacial score (nSPS) is 15.3. The van der Waals surface area contributed by atoms with Gasteiger partial charge in [-0.3, -0.25) is 9.59 Å². The van der Waals surface area contributed by atoms with Crippen LogP contribution in [0.2, 0.25) is 0 Å². The average Bonchev–Trinajstić information content (AvgIpc) is 2.87. The molecular weight excluding hydrogens is 292 g/mol. The molecule has 1 fully saturated rings. The lowest BCUT2D eigenvalue weighted by atomic mass is 10.1. The molecule has 1 aromatic heterocycles. The number of hydrogen-bond donors (Lipinski definition) is 0. The minimum absolute atomic E-state index is 0.0128. The van der Waals surface area contributed by atoms with Gasteiger partial charge in [0.15, 0.2) is 0 Å². The van der Waals surface area contributed by atoms with Crippen molar-refractivity contribution < 1.29 is 9.59 Å². The van der Waals surface area contributed by atoms with Crippen molar-refractivity contribution in [1.82, 2.24) is 19.4 Å². The van der Waals surface area contributed by atoms with Crippen LogP contribution in [0, 0.1) is 6.92 Å². The highest BCUT2D eigenvalue weighted by Gasteiger charge is 2.24. The first-order valence-corrected chi connectivity index (χ1v) is 8.01. The van der Waals surface area contributed by atoms with E-state index in [-0.39, 0.29) is 11.8 Å². The molecule has 1 aromatic carbocycles. The number of nitrogens with zero attached hydrogens (tertiary/aromatic N) is 4. The molecule has 6 nitrogen and oxygen atoms in total. The van der Waals surface area contributed by atoms with Crippen LogP contribution in [0.25, 0.3) is 11.0 Å². The molecular formula is C17H22N4O2. The average molecular weight is 314 g/mol. The smallest absolute Gasteiger partial charge is 0.254 e. The summed E-state index contributed by atoms with van der Waals surface area (Å²) in [5.74, 6) is 1.09. The number of piperazine rings is 1. The first-order valence-electron chi connectivity index (χ1n) is 8.01. The zero-order valence-corrected chi connectivity index (χ0v) is 13.9. The number of hydrogen-bond acceptors (Lipinski definition) is 3. The summed E-state index contributed by atoms with van der Waals surface area (Å²) in [6, 6.07) is 5.66. The third-order valence-corrected chi connectivity index (χ3v) is 4.57. The molecule has 1 aliphatic rings. The molecule has 122 valence electrons. The van der Waals surface area contributed by atoms with E-state index in [9.17, 15) is 9.59 Å². The Bertz CT molecular complexity index is 757. The predicted octanol–water partition coefficient (Wildman–Crippen LogP) is 1.58. The van der Waals surface area contributed by atoms with Crippen LogP contribution in [-0.4, -0.2) is 57.3 Å². The van der Waals surface area contributed by atoms with E-state index in [0.717, 1.165) is 16.9 Å². The molecule has 0 aliphatic carbocycles. The van der Waals surface area contributed by atoms with Crippen molar-refractivity contribution in [3.63, 3.8) is 0 Å². The minimum Gasteiger partial charge on any atom is -0.339 e. The first kappa shape index (κ1) is 15.5. The van der Waals surface area contributed by atoms with Gasteiger partial charge in [0.1, 0.15) is 5.82 Å². The molecule has 2 heterocycles. The fourth-order valence-corrected chi connectivity index (χ4v) is 3.02. The van der Waals surface area contributed by atoms with Gasteiger partial charge in [0.2, 0.25) is 5.91 Å². The Balaban J connectivity index is 1.75. The Morgan fingerprint density at radius 1 is 1.13 bits per heavy atom. The molecule has 2 amide bonds. The molecule has 1 aliphatic heterocycles. The van der Waals surface area contributed by atoms with E-state index in [1.54, 1.807) is 0 Å². The summed E-state index contributed by atoms with van der Waals surface area (Å²) in [5, 5.41) is 0. The summed E-state index contributed by atoms with van der Waals surface area (Å²) < 4.78 is 2.01. The lowest BCUT2D eigenvalue weighted by Gasteiger charge is -2.34. The summed E-state index contributed by atoms with van der Waals surface area (Å²) in [6.07, 6.45) is 0.518. The quantitative estimate of drug-likeness (QED) is 0.845. The van der Waals surface area contributed by atoms with E-state index in [1.807, 2.05) is 53.5 Å². The maximum atomic E-state index is 12.7. The SMILES string of the molecule is CCC(=O)N1CCN(C(=O)c2ccc3c(c2)nc(C)n3C)CC1. The molecule has 0 radical (unpaired) electrons. The highest BCUT2D eigenvalue weighted by atomic mass is 16.2. The second kappa shape index (κ2) is 6.02. The fourth-order valence-electron chi connectivity index (χ4n) is 3.02.